The lowest BCUT2D eigenvalue weighted by Gasteiger charge is -2.36. The fraction of sp³-hybridized carbons (Fsp3) is 0.375. The molecule has 0 bridgehead atoms. The minimum absolute atomic E-state index is 0.130. The Morgan fingerprint density at radius 1 is 0.969 bits per heavy atom. The van der Waals surface area contributed by atoms with Crippen molar-refractivity contribution in [2.45, 2.75) is 62.4 Å². The highest BCUT2D eigenvalue weighted by Crippen LogP contribution is 2.35. The molecule has 2 fully saturated rings. The Labute approximate surface area is 188 Å². The monoisotopic (exact) mass is 451 g/mol. The fourth-order valence-electron chi connectivity index (χ4n) is 4.56. The first kappa shape index (κ1) is 22.2. The Morgan fingerprint density at radius 3 is 2.19 bits per heavy atom. The summed E-state index contributed by atoms with van der Waals surface area (Å²) in [6.07, 6.45) is 3.95. The molecule has 0 aromatic heterocycles. The molecule has 7 nitrogen and oxygen atoms in total. The molecule has 1 atom stereocenters. The second-order valence-electron chi connectivity index (χ2n) is 8.39. The number of nitrogens with zero attached hydrogens (tertiary/aromatic N) is 3. The van der Waals surface area contributed by atoms with Crippen LogP contribution in [0.25, 0.3) is 0 Å². The van der Waals surface area contributed by atoms with Crippen molar-refractivity contribution in [3.05, 3.63) is 59.7 Å². The Hall–Kier alpha value is -3.02. The van der Waals surface area contributed by atoms with Gasteiger partial charge in [-0.1, -0.05) is 37.0 Å². The van der Waals surface area contributed by atoms with E-state index in [1.807, 2.05) is 13.0 Å². The van der Waals surface area contributed by atoms with Gasteiger partial charge in [-0.3, -0.25) is 9.59 Å². The molecule has 2 amide bonds. The molecule has 32 heavy (non-hydrogen) atoms. The molecule has 1 saturated heterocycles. The maximum atomic E-state index is 13.7. The summed E-state index contributed by atoms with van der Waals surface area (Å²) in [5.41, 5.74) is 1.69. The molecule has 1 unspecified atom stereocenters. The zero-order chi connectivity index (χ0) is 22.9. The topological polar surface area (TPSA) is 98.6 Å². The third kappa shape index (κ3) is 4.06. The van der Waals surface area contributed by atoms with Crippen LogP contribution in [0.2, 0.25) is 0 Å². The molecule has 2 aromatic carbocycles. The lowest BCUT2D eigenvalue weighted by Crippen LogP contribution is -2.51. The van der Waals surface area contributed by atoms with Crippen molar-refractivity contribution in [3.8, 4) is 6.07 Å². The molecular formula is C24H25N3O4S. The number of amides is 2. The van der Waals surface area contributed by atoms with E-state index in [9.17, 15) is 18.0 Å². The van der Waals surface area contributed by atoms with Gasteiger partial charge >= 0.3 is 0 Å². The van der Waals surface area contributed by atoms with E-state index in [2.05, 4.69) is 0 Å². The lowest BCUT2D eigenvalue weighted by atomic mass is 9.94. The maximum absolute atomic E-state index is 13.7. The first-order chi connectivity index (χ1) is 15.3. The zero-order valence-electron chi connectivity index (χ0n) is 17.9. The molecule has 1 aliphatic carbocycles. The highest BCUT2D eigenvalue weighted by atomic mass is 32.2. The number of sulfonamides is 1. The van der Waals surface area contributed by atoms with Crippen LogP contribution in [0.4, 0.5) is 5.69 Å². The van der Waals surface area contributed by atoms with Crippen LogP contribution in [0.15, 0.2) is 53.4 Å². The quantitative estimate of drug-likeness (QED) is 0.648. The first-order valence-corrected chi connectivity index (χ1v) is 12.2. The Kier molecular flexibility index (Phi) is 6.13. The molecular weight excluding hydrogens is 426 g/mol. The van der Waals surface area contributed by atoms with Gasteiger partial charge in [0.2, 0.25) is 15.9 Å². The van der Waals surface area contributed by atoms with Gasteiger partial charge in [-0.2, -0.15) is 9.57 Å². The van der Waals surface area contributed by atoms with E-state index in [1.165, 1.54) is 28.6 Å². The summed E-state index contributed by atoms with van der Waals surface area (Å²) >= 11 is 0. The summed E-state index contributed by atoms with van der Waals surface area (Å²) in [5, 5.41) is 9.00. The number of anilines is 1. The van der Waals surface area contributed by atoms with Gasteiger partial charge in [-0.05, 0) is 56.2 Å². The standard InChI is InChI=1S/C24H25N3O4S/c1-17-7-13-21(14-8-17)32(30,31)27(20-5-3-2-4-6-20)22-15-23(28)26(24(22)29)19-11-9-18(16-25)10-12-19/h7-14,20,22H,2-6,15H2,1H3. The Morgan fingerprint density at radius 2 is 1.59 bits per heavy atom. The predicted octanol–water partition coefficient (Wildman–Crippen LogP) is 3.52. The second-order valence-corrected chi connectivity index (χ2v) is 10.2. The van der Waals surface area contributed by atoms with Crippen LogP contribution < -0.4 is 4.90 Å². The number of carbonyl (C=O) groups excluding carboxylic acids is 2. The highest BCUT2D eigenvalue weighted by molar-refractivity contribution is 7.89. The number of hydrogen-bond acceptors (Lipinski definition) is 5. The number of aryl methyl sites for hydroxylation is 1. The Balaban J connectivity index is 1.72. The van der Waals surface area contributed by atoms with Crippen molar-refractivity contribution in [2.24, 2.45) is 0 Å². The molecule has 0 N–H and O–H groups in total. The van der Waals surface area contributed by atoms with Gasteiger partial charge < -0.3 is 0 Å². The van der Waals surface area contributed by atoms with E-state index in [1.54, 1.807) is 24.3 Å². The van der Waals surface area contributed by atoms with Gasteiger partial charge in [0.25, 0.3) is 5.91 Å². The van der Waals surface area contributed by atoms with Crippen molar-refractivity contribution < 1.29 is 18.0 Å². The number of hydrogen-bond donors (Lipinski definition) is 0. The van der Waals surface area contributed by atoms with Crippen molar-refractivity contribution in [1.29, 1.82) is 5.26 Å². The molecule has 2 aliphatic rings. The third-order valence-corrected chi connectivity index (χ3v) is 8.19. The number of nitriles is 1. The number of carbonyl (C=O) groups is 2. The molecule has 1 aliphatic heterocycles. The van der Waals surface area contributed by atoms with Gasteiger partial charge in [0.1, 0.15) is 6.04 Å². The van der Waals surface area contributed by atoms with Gasteiger partial charge in [0, 0.05) is 6.04 Å². The van der Waals surface area contributed by atoms with Gasteiger partial charge in [0.15, 0.2) is 0 Å². The van der Waals surface area contributed by atoms with Crippen molar-refractivity contribution >= 4 is 27.5 Å². The highest BCUT2D eigenvalue weighted by Gasteiger charge is 2.49. The van der Waals surface area contributed by atoms with Gasteiger partial charge in [0.05, 0.1) is 28.6 Å². The average molecular weight is 452 g/mol. The van der Waals surface area contributed by atoms with E-state index in [0.29, 0.717) is 24.1 Å². The largest absolute Gasteiger partial charge is 0.274 e. The summed E-state index contributed by atoms with van der Waals surface area (Å²) in [5.74, 6) is -0.981. The van der Waals surface area contributed by atoms with Crippen LogP contribution >= 0.6 is 0 Å². The van der Waals surface area contributed by atoms with Crippen molar-refractivity contribution in [3.63, 3.8) is 0 Å². The summed E-state index contributed by atoms with van der Waals surface area (Å²) < 4.78 is 28.7. The fourth-order valence-corrected chi connectivity index (χ4v) is 6.38. The molecule has 2 aromatic rings. The normalized spacial score (nSPS) is 20.0. The molecule has 1 heterocycles. The minimum Gasteiger partial charge on any atom is -0.274 e. The SMILES string of the molecule is Cc1ccc(S(=O)(=O)N(C2CCCCC2)C2CC(=O)N(c3ccc(C#N)cc3)C2=O)cc1. The zero-order valence-corrected chi connectivity index (χ0v) is 18.7. The van der Waals surface area contributed by atoms with E-state index in [0.717, 1.165) is 29.7 Å². The van der Waals surface area contributed by atoms with Crippen LogP contribution in [0.1, 0.15) is 49.7 Å². The summed E-state index contributed by atoms with van der Waals surface area (Å²) in [6.45, 7) is 1.88. The lowest BCUT2D eigenvalue weighted by molar-refractivity contribution is -0.122. The van der Waals surface area contributed by atoms with E-state index >= 15 is 0 Å². The molecule has 4 rings (SSSR count). The molecule has 8 heteroatoms. The summed E-state index contributed by atoms with van der Waals surface area (Å²) in [4.78, 5) is 27.5. The second kappa shape index (κ2) is 8.85. The summed E-state index contributed by atoms with van der Waals surface area (Å²) in [7, 11) is -3.98. The molecule has 166 valence electrons. The Bertz CT molecular complexity index is 1160. The van der Waals surface area contributed by atoms with Crippen LogP contribution in [0.3, 0.4) is 0 Å². The number of benzene rings is 2. The number of rotatable bonds is 5. The average Bonchev–Trinajstić information content (AvgIpc) is 3.08. The molecule has 0 spiro atoms. The minimum atomic E-state index is -3.98. The number of imide groups is 1. The first-order valence-electron chi connectivity index (χ1n) is 10.8. The third-order valence-electron chi connectivity index (χ3n) is 6.22. The molecule has 1 saturated carbocycles. The van der Waals surface area contributed by atoms with Crippen LogP contribution in [0, 0.1) is 18.3 Å². The van der Waals surface area contributed by atoms with Crippen LogP contribution in [-0.4, -0.2) is 36.6 Å². The summed E-state index contributed by atoms with van der Waals surface area (Å²) in [6, 6.07) is 13.3. The van der Waals surface area contributed by atoms with Gasteiger partial charge in [-0.15, -0.1) is 0 Å². The van der Waals surface area contributed by atoms with Crippen LogP contribution in [-0.2, 0) is 19.6 Å². The van der Waals surface area contributed by atoms with Crippen molar-refractivity contribution in [2.75, 3.05) is 4.90 Å². The van der Waals surface area contributed by atoms with Crippen molar-refractivity contribution in [1.82, 2.24) is 4.31 Å². The van der Waals surface area contributed by atoms with Gasteiger partial charge in [-0.25, -0.2) is 13.3 Å². The van der Waals surface area contributed by atoms with E-state index < -0.39 is 27.9 Å². The maximum Gasteiger partial charge on any atom is 0.252 e. The van der Waals surface area contributed by atoms with Crippen LogP contribution in [0.5, 0.6) is 0 Å². The van der Waals surface area contributed by atoms with E-state index in [-0.39, 0.29) is 17.4 Å². The molecule has 0 radical (unpaired) electrons. The van der Waals surface area contributed by atoms with E-state index in [4.69, 9.17) is 5.26 Å². The predicted molar refractivity (Wildman–Crippen MR) is 119 cm³/mol. The smallest absolute Gasteiger partial charge is 0.252 e.